The number of benzene rings is 1. The SMILES string of the molecule is COc1ccc2c(c1)CCC1OC(c3cccnc3)OC21. The molecule has 1 aromatic heterocycles. The molecular weight excluding hydrogens is 266 g/mol. The molecule has 2 heterocycles. The first-order chi connectivity index (χ1) is 10.3. The molecule has 4 rings (SSSR count). The minimum atomic E-state index is -0.318. The second-order valence-electron chi connectivity index (χ2n) is 5.45. The molecule has 21 heavy (non-hydrogen) atoms. The van der Waals surface area contributed by atoms with E-state index in [1.165, 1.54) is 11.1 Å². The van der Waals surface area contributed by atoms with E-state index in [-0.39, 0.29) is 18.5 Å². The average Bonchev–Trinajstić information content (AvgIpc) is 2.99. The zero-order valence-corrected chi connectivity index (χ0v) is 11.9. The maximum absolute atomic E-state index is 6.15. The number of aryl methyl sites for hydroxylation is 1. The average molecular weight is 283 g/mol. The smallest absolute Gasteiger partial charge is 0.186 e. The van der Waals surface area contributed by atoms with Crippen LogP contribution in [0.15, 0.2) is 42.7 Å². The van der Waals surface area contributed by atoms with Gasteiger partial charge in [-0.25, -0.2) is 0 Å². The van der Waals surface area contributed by atoms with Gasteiger partial charge in [-0.2, -0.15) is 0 Å². The first kappa shape index (κ1) is 12.8. The lowest BCUT2D eigenvalue weighted by molar-refractivity contribution is -0.0692. The van der Waals surface area contributed by atoms with E-state index in [0.717, 1.165) is 24.2 Å². The molecule has 4 heteroatoms. The maximum atomic E-state index is 6.15. The fourth-order valence-corrected chi connectivity index (χ4v) is 3.15. The highest BCUT2D eigenvalue weighted by Gasteiger charge is 2.41. The molecule has 1 aliphatic heterocycles. The Morgan fingerprint density at radius 1 is 1.24 bits per heavy atom. The first-order valence-corrected chi connectivity index (χ1v) is 7.23. The zero-order valence-electron chi connectivity index (χ0n) is 11.9. The van der Waals surface area contributed by atoms with E-state index in [2.05, 4.69) is 17.1 Å². The van der Waals surface area contributed by atoms with Gasteiger partial charge < -0.3 is 14.2 Å². The third-order valence-electron chi connectivity index (χ3n) is 4.22. The Kier molecular flexibility index (Phi) is 3.13. The Labute approximate surface area is 123 Å². The molecule has 0 bridgehead atoms. The summed E-state index contributed by atoms with van der Waals surface area (Å²) in [5, 5.41) is 0. The molecule has 2 aromatic rings. The van der Waals surface area contributed by atoms with Crippen molar-refractivity contribution in [2.75, 3.05) is 7.11 Å². The molecule has 4 nitrogen and oxygen atoms in total. The van der Waals surface area contributed by atoms with Crippen LogP contribution in [-0.4, -0.2) is 18.2 Å². The van der Waals surface area contributed by atoms with E-state index < -0.39 is 0 Å². The summed E-state index contributed by atoms with van der Waals surface area (Å²) in [5.74, 6) is 0.898. The summed E-state index contributed by atoms with van der Waals surface area (Å²) in [6, 6.07) is 10.1. The minimum Gasteiger partial charge on any atom is -0.497 e. The minimum absolute atomic E-state index is 0.00450. The summed E-state index contributed by atoms with van der Waals surface area (Å²) in [4.78, 5) is 4.14. The highest BCUT2D eigenvalue weighted by atomic mass is 16.7. The maximum Gasteiger partial charge on any atom is 0.186 e. The van der Waals surface area contributed by atoms with Crippen molar-refractivity contribution in [2.45, 2.75) is 31.3 Å². The molecule has 1 fully saturated rings. The second kappa shape index (κ2) is 5.13. The normalized spacial score (nSPS) is 27.0. The molecule has 0 saturated carbocycles. The van der Waals surface area contributed by atoms with Gasteiger partial charge in [0.2, 0.25) is 0 Å². The number of methoxy groups -OCH3 is 1. The number of fused-ring (bicyclic) bond motifs is 3. The number of aromatic nitrogens is 1. The number of ether oxygens (including phenoxy) is 3. The van der Waals surface area contributed by atoms with Crippen LogP contribution >= 0.6 is 0 Å². The second-order valence-corrected chi connectivity index (χ2v) is 5.45. The Morgan fingerprint density at radius 2 is 2.19 bits per heavy atom. The first-order valence-electron chi connectivity index (χ1n) is 7.23. The van der Waals surface area contributed by atoms with Crippen molar-refractivity contribution in [3.63, 3.8) is 0 Å². The topological polar surface area (TPSA) is 40.6 Å². The van der Waals surface area contributed by atoms with Crippen molar-refractivity contribution >= 4 is 0 Å². The number of rotatable bonds is 2. The monoisotopic (exact) mass is 283 g/mol. The van der Waals surface area contributed by atoms with Crippen molar-refractivity contribution in [2.24, 2.45) is 0 Å². The molecule has 1 saturated heterocycles. The third kappa shape index (κ3) is 2.20. The molecule has 3 unspecified atom stereocenters. The number of pyridine rings is 1. The van der Waals surface area contributed by atoms with Gasteiger partial charge in [-0.1, -0.05) is 12.1 Å². The van der Waals surface area contributed by atoms with Gasteiger partial charge in [-0.05, 0) is 42.2 Å². The van der Waals surface area contributed by atoms with Crippen LogP contribution in [0.1, 0.15) is 35.5 Å². The largest absolute Gasteiger partial charge is 0.497 e. The summed E-state index contributed by atoms with van der Waals surface area (Å²) >= 11 is 0. The lowest BCUT2D eigenvalue weighted by atomic mass is 9.87. The Hall–Kier alpha value is -1.91. The highest BCUT2D eigenvalue weighted by Crippen LogP contribution is 2.45. The molecule has 3 atom stereocenters. The predicted octanol–water partition coefficient (Wildman–Crippen LogP) is 3.19. The molecule has 0 spiro atoms. The van der Waals surface area contributed by atoms with E-state index in [1.807, 2.05) is 18.2 Å². The van der Waals surface area contributed by atoms with Gasteiger partial charge in [0.05, 0.1) is 13.2 Å². The summed E-state index contributed by atoms with van der Waals surface area (Å²) in [5.41, 5.74) is 3.49. The van der Waals surface area contributed by atoms with Crippen molar-refractivity contribution in [1.82, 2.24) is 4.98 Å². The predicted molar refractivity (Wildman–Crippen MR) is 77.0 cm³/mol. The van der Waals surface area contributed by atoms with Gasteiger partial charge in [-0.15, -0.1) is 0 Å². The summed E-state index contributed by atoms with van der Waals surface area (Å²) < 4.78 is 17.5. The Morgan fingerprint density at radius 3 is 3.00 bits per heavy atom. The van der Waals surface area contributed by atoms with Crippen molar-refractivity contribution < 1.29 is 14.2 Å². The van der Waals surface area contributed by atoms with E-state index in [0.29, 0.717) is 0 Å². The lowest BCUT2D eigenvalue weighted by Crippen LogP contribution is -2.22. The van der Waals surface area contributed by atoms with E-state index in [9.17, 15) is 0 Å². The number of hydrogen-bond donors (Lipinski definition) is 0. The highest BCUT2D eigenvalue weighted by molar-refractivity contribution is 5.39. The van der Waals surface area contributed by atoms with E-state index >= 15 is 0 Å². The van der Waals surface area contributed by atoms with Gasteiger partial charge in [0.1, 0.15) is 11.9 Å². The van der Waals surface area contributed by atoms with Crippen LogP contribution in [0.3, 0.4) is 0 Å². The lowest BCUT2D eigenvalue weighted by Gasteiger charge is -2.25. The summed E-state index contributed by atoms with van der Waals surface area (Å²) in [7, 11) is 1.70. The van der Waals surface area contributed by atoms with Crippen LogP contribution < -0.4 is 4.74 Å². The van der Waals surface area contributed by atoms with Crippen LogP contribution in [-0.2, 0) is 15.9 Å². The molecule has 1 aliphatic carbocycles. The fourth-order valence-electron chi connectivity index (χ4n) is 3.15. The van der Waals surface area contributed by atoms with Crippen LogP contribution in [0, 0.1) is 0 Å². The molecule has 2 aliphatic rings. The fraction of sp³-hybridized carbons (Fsp3) is 0.353. The van der Waals surface area contributed by atoms with Gasteiger partial charge in [0.25, 0.3) is 0 Å². The van der Waals surface area contributed by atoms with Crippen molar-refractivity contribution in [1.29, 1.82) is 0 Å². The van der Waals surface area contributed by atoms with Crippen LogP contribution in [0.2, 0.25) is 0 Å². The summed E-state index contributed by atoms with van der Waals surface area (Å²) in [6.07, 6.45) is 5.34. The van der Waals surface area contributed by atoms with Crippen LogP contribution in [0.25, 0.3) is 0 Å². The molecule has 108 valence electrons. The molecule has 0 amide bonds. The molecule has 0 radical (unpaired) electrons. The van der Waals surface area contributed by atoms with E-state index in [4.69, 9.17) is 14.2 Å². The molecular formula is C17H17NO3. The third-order valence-corrected chi connectivity index (χ3v) is 4.22. The van der Waals surface area contributed by atoms with Crippen molar-refractivity contribution in [3.8, 4) is 5.75 Å². The number of nitrogens with zero attached hydrogens (tertiary/aromatic N) is 1. The molecule has 0 N–H and O–H groups in total. The quantitative estimate of drug-likeness (QED) is 0.848. The Bertz CT molecular complexity index is 644. The standard InChI is InChI=1S/C17H17NO3/c1-19-13-5-6-14-11(9-13)4-7-15-16(14)21-17(20-15)12-3-2-8-18-10-12/h2-3,5-6,8-10,15-17H,4,7H2,1H3. The van der Waals surface area contributed by atoms with Crippen LogP contribution in [0.5, 0.6) is 5.75 Å². The van der Waals surface area contributed by atoms with Gasteiger partial charge in [-0.3, -0.25) is 4.98 Å². The van der Waals surface area contributed by atoms with Gasteiger partial charge in [0, 0.05) is 18.0 Å². The zero-order chi connectivity index (χ0) is 14.2. The van der Waals surface area contributed by atoms with Gasteiger partial charge in [0.15, 0.2) is 6.29 Å². The van der Waals surface area contributed by atoms with Crippen molar-refractivity contribution in [3.05, 3.63) is 59.4 Å². The summed E-state index contributed by atoms with van der Waals surface area (Å²) in [6.45, 7) is 0. The van der Waals surface area contributed by atoms with Gasteiger partial charge >= 0.3 is 0 Å². The van der Waals surface area contributed by atoms with Crippen LogP contribution in [0.4, 0.5) is 0 Å². The number of hydrogen-bond acceptors (Lipinski definition) is 4. The molecule has 1 aromatic carbocycles. The van der Waals surface area contributed by atoms with E-state index in [1.54, 1.807) is 19.5 Å². The Balaban J connectivity index is 1.63.